The Balaban J connectivity index is 2.17. The molecule has 0 saturated carbocycles. The first-order valence-corrected chi connectivity index (χ1v) is 5.45. The summed E-state index contributed by atoms with van der Waals surface area (Å²) in [5, 5.41) is 18.7. The Morgan fingerprint density at radius 3 is 2.89 bits per heavy atom. The fraction of sp³-hybridized carbons (Fsp3) is 0.273. The van der Waals surface area contributed by atoms with Crippen molar-refractivity contribution in [2.75, 3.05) is 11.9 Å². The lowest BCUT2D eigenvalue weighted by Gasteiger charge is -2.16. The topological polar surface area (TPSA) is 96.7 Å². The highest BCUT2D eigenvalue weighted by molar-refractivity contribution is 5.95. The molecule has 2 rings (SSSR count). The van der Waals surface area contributed by atoms with Gasteiger partial charge < -0.3 is 10.6 Å². The maximum atomic E-state index is 7.42. The molecule has 0 radical (unpaired) electrons. The zero-order valence-electron chi connectivity index (χ0n) is 10.3. The summed E-state index contributed by atoms with van der Waals surface area (Å²) in [6, 6.07) is 7.57. The van der Waals surface area contributed by atoms with Gasteiger partial charge in [-0.3, -0.25) is 5.41 Å². The summed E-state index contributed by atoms with van der Waals surface area (Å²) in [7, 11) is 3.70. The fourth-order valence-corrected chi connectivity index (χ4v) is 1.73. The molecule has 0 spiro atoms. The van der Waals surface area contributed by atoms with Crippen LogP contribution < -0.4 is 10.6 Å². The molecule has 18 heavy (non-hydrogen) atoms. The highest BCUT2D eigenvalue weighted by atomic mass is 15.6. The molecule has 3 N–H and O–H groups in total. The number of nitrogens with two attached hydrogens (primary N) is 1. The lowest BCUT2D eigenvalue weighted by Crippen LogP contribution is -2.21. The van der Waals surface area contributed by atoms with Crippen molar-refractivity contribution in [3.05, 3.63) is 35.4 Å². The number of rotatable bonds is 4. The second-order valence-corrected chi connectivity index (χ2v) is 4.07. The molecule has 1 aromatic carbocycles. The van der Waals surface area contributed by atoms with Crippen molar-refractivity contribution < 1.29 is 0 Å². The number of amidine groups is 1. The highest BCUT2D eigenvalue weighted by Gasteiger charge is 2.09. The molecule has 2 aromatic rings. The van der Waals surface area contributed by atoms with Gasteiger partial charge in [-0.1, -0.05) is 23.3 Å². The molecule has 7 heteroatoms. The van der Waals surface area contributed by atoms with Crippen LogP contribution in [0.4, 0.5) is 5.95 Å². The lowest BCUT2D eigenvalue weighted by molar-refractivity contribution is 0.696. The second kappa shape index (κ2) is 4.82. The van der Waals surface area contributed by atoms with Crippen molar-refractivity contribution in [3.63, 3.8) is 0 Å². The zero-order valence-corrected chi connectivity index (χ0v) is 10.3. The number of benzene rings is 1. The number of nitrogens with zero attached hydrogens (tertiary/aromatic N) is 5. The van der Waals surface area contributed by atoms with E-state index in [1.165, 1.54) is 0 Å². The molecular formula is C11H15N7. The summed E-state index contributed by atoms with van der Waals surface area (Å²) in [4.78, 5) is 1.93. The Morgan fingerprint density at radius 1 is 1.50 bits per heavy atom. The smallest absolute Gasteiger partial charge is 0.245 e. The van der Waals surface area contributed by atoms with Crippen LogP contribution in [-0.2, 0) is 13.6 Å². The van der Waals surface area contributed by atoms with Gasteiger partial charge in [0.1, 0.15) is 5.84 Å². The molecule has 0 atom stereocenters. The third kappa shape index (κ3) is 2.45. The quantitative estimate of drug-likeness (QED) is 0.589. The summed E-state index contributed by atoms with van der Waals surface area (Å²) in [6.07, 6.45) is 0. The normalized spacial score (nSPS) is 10.3. The lowest BCUT2D eigenvalue weighted by atomic mass is 10.1. The molecular weight excluding hydrogens is 230 g/mol. The van der Waals surface area contributed by atoms with Crippen molar-refractivity contribution >= 4 is 11.8 Å². The molecule has 0 bridgehead atoms. The van der Waals surface area contributed by atoms with Crippen molar-refractivity contribution in [2.45, 2.75) is 6.54 Å². The number of aryl methyl sites for hydroxylation is 1. The summed E-state index contributed by atoms with van der Waals surface area (Å²) in [6.45, 7) is 0.648. The summed E-state index contributed by atoms with van der Waals surface area (Å²) < 4.78 is 1.61. The number of tetrazole rings is 1. The van der Waals surface area contributed by atoms with Crippen LogP contribution in [0.15, 0.2) is 24.3 Å². The summed E-state index contributed by atoms with van der Waals surface area (Å²) >= 11 is 0. The Hall–Kier alpha value is -2.44. The van der Waals surface area contributed by atoms with Gasteiger partial charge in [-0.25, -0.2) is 4.68 Å². The first kappa shape index (κ1) is 12.0. The largest absolute Gasteiger partial charge is 0.384 e. The minimum atomic E-state index is 0.0693. The minimum Gasteiger partial charge on any atom is -0.384 e. The van der Waals surface area contributed by atoms with Gasteiger partial charge in [0.2, 0.25) is 5.95 Å². The van der Waals surface area contributed by atoms with E-state index in [4.69, 9.17) is 11.1 Å². The van der Waals surface area contributed by atoms with Crippen LogP contribution in [0.2, 0.25) is 0 Å². The standard InChI is InChI=1S/C11H15N7/c1-17(11-14-15-16-18(11)2)7-8-4-3-5-9(6-8)10(12)13/h3-6H,7H2,1-2H3,(H3,12,13). The minimum absolute atomic E-state index is 0.0693. The van der Waals surface area contributed by atoms with Gasteiger partial charge in [0, 0.05) is 26.2 Å². The van der Waals surface area contributed by atoms with Crippen molar-refractivity contribution in [2.24, 2.45) is 12.8 Å². The van der Waals surface area contributed by atoms with E-state index in [1.807, 2.05) is 36.2 Å². The van der Waals surface area contributed by atoms with E-state index in [1.54, 1.807) is 11.7 Å². The number of nitrogens with one attached hydrogen (secondary N) is 1. The van der Waals surface area contributed by atoms with Gasteiger partial charge in [0.25, 0.3) is 0 Å². The maximum absolute atomic E-state index is 7.42. The fourth-order valence-electron chi connectivity index (χ4n) is 1.73. The molecule has 0 saturated heterocycles. The van der Waals surface area contributed by atoms with E-state index in [9.17, 15) is 0 Å². The molecule has 0 unspecified atom stereocenters. The maximum Gasteiger partial charge on any atom is 0.245 e. The Bertz CT molecular complexity index is 560. The van der Waals surface area contributed by atoms with E-state index >= 15 is 0 Å². The Morgan fingerprint density at radius 2 is 2.28 bits per heavy atom. The molecule has 0 aliphatic rings. The van der Waals surface area contributed by atoms with Crippen LogP contribution in [0.3, 0.4) is 0 Å². The predicted molar refractivity (Wildman–Crippen MR) is 68.4 cm³/mol. The van der Waals surface area contributed by atoms with Crippen molar-refractivity contribution in [3.8, 4) is 0 Å². The first-order valence-electron chi connectivity index (χ1n) is 5.45. The first-order chi connectivity index (χ1) is 8.58. The molecule has 7 nitrogen and oxygen atoms in total. The molecule has 0 amide bonds. The number of hydrogen-bond acceptors (Lipinski definition) is 5. The van der Waals surface area contributed by atoms with Crippen LogP contribution >= 0.6 is 0 Å². The Kier molecular flexibility index (Phi) is 3.22. The van der Waals surface area contributed by atoms with Gasteiger partial charge in [0.05, 0.1) is 0 Å². The number of aromatic nitrogens is 4. The van der Waals surface area contributed by atoms with E-state index in [0.29, 0.717) is 12.5 Å². The monoisotopic (exact) mass is 245 g/mol. The van der Waals surface area contributed by atoms with Crippen molar-refractivity contribution in [1.29, 1.82) is 5.41 Å². The van der Waals surface area contributed by atoms with Crippen LogP contribution in [0, 0.1) is 5.41 Å². The third-order valence-electron chi connectivity index (χ3n) is 2.60. The van der Waals surface area contributed by atoms with Crippen LogP contribution in [0.1, 0.15) is 11.1 Å². The average molecular weight is 245 g/mol. The van der Waals surface area contributed by atoms with E-state index in [0.717, 1.165) is 11.1 Å². The number of anilines is 1. The Labute approximate surface area is 105 Å². The van der Waals surface area contributed by atoms with E-state index in [2.05, 4.69) is 15.5 Å². The summed E-state index contributed by atoms with van der Waals surface area (Å²) in [5.74, 6) is 0.753. The van der Waals surface area contributed by atoms with Crippen LogP contribution in [0.25, 0.3) is 0 Å². The average Bonchev–Trinajstić information content (AvgIpc) is 2.76. The second-order valence-electron chi connectivity index (χ2n) is 4.07. The van der Waals surface area contributed by atoms with Gasteiger partial charge in [0.15, 0.2) is 0 Å². The molecule has 0 aliphatic carbocycles. The molecule has 1 heterocycles. The van der Waals surface area contributed by atoms with Gasteiger partial charge in [-0.05, 0) is 22.1 Å². The van der Waals surface area contributed by atoms with Crippen LogP contribution in [0.5, 0.6) is 0 Å². The van der Waals surface area contributed by atoms with Gasteiger partial charge >= 0.3 is 0 Å². The number of nitrogen functional groups attached to an aromatic ring is 1. The summed E-state index contributed by atoms with van der Waals surface area (Å²) in [5.41, 5.74) is 7.23. The highest BCUT2D eigenvalue weighted by Crippen LogP contribution is 2.11. The SMILES string of the molecule is CN(Cc1cccc(C(=N)N)c1)c1nnnn1C. The van der Waals surface area contributed by atoms with Crippen LogP contribution in [-0.4, -0.2) is 33.1 Å². The molecule has 1 aromatic heterocycles. The molecule has 0 fully saturated rings. The van der Waals surface area contributed by atoms with Crippen molar-refractivity contribution in [1.82, 2.24) is 20.2 Å². The van der Waals surface area contributed by atoms with E-state index in [-0.39, 0.29) is 5.84 Å². The van der Waals surface area contributed by atoms with Gasteiger partial charge in [-0.15, -0.1) is 0 Å². The molecule has 0 aliphatic heterocycles. The third-order valence-corrected chi connectivity index (χ3v) is 2.60. The zero-order chi connectivity index (χ0) is 13.1. The predicted octanol–water partition coefficient (Wildman–Crippen LogP) is 0.131. The molecule has 94 valence electrons. The van der Waals surface area contributed by atoms with Gasteiger partial charge in [-0.2, -0.15) is 0 Å². The van der Waals surface area contributed by atoms with E-state index < -0.39 is 0 Å². The number of hydrogen-bond donors (Lipinski definition) is 2.